The number of hydrogen-bond donors (Lipinski definition) is 0. The monoisotopic (exact) mass is 356 g/mol. The van der Waals surface area contributed by atoms with Gasteiger partial charge in [0, 0.05) is 24.7 Å². The smallest absolute Gasteiger partial charge is 0.258 e. The molecular formula is C18H20N4O4. The lowest BCUT2D eigenvalue weighted by molar-refractivity contribution is -0.0401. The molecule has 1 fully saturated rings. The van der Waals surface area contributed by atoms with E-state index in [9.17, 15) is 0 Å². The molecule has 1 aromatic carbocycles. The minimum absolute atomic E-state index is 0.233. The summed E-state index contributed by atoms with van der Waals surface area (Å²) in [5.74, 6) is 2.64. The van der Waals surface area contributed by atoms with Gasteiger partial charge >= 0.3 is 0 Å². The second kappa shape index (κ2) is 7.27. The fourth-order valence-electron chi connectivity index (χ4n) is 2.93. The van der Waals surface area contributed by atoms with Crippen LogP contribution in [0.15, 0.2) is 39.4 Å². The summed E-state index contributed by atoms with van der Waals surface area (Å²) in [5.41, 5.74) is 1.72. The number of ether oxygens (including phenoxy) is 2. The maximum atomic E-state index is 5.83. The number of methoxy groups -OCH3 is 1. The Kier molecular flexibility index (Phi) is 4.68. The molecule has 0 aliphatic carbocycles. The number of rotatable bonds is 5. The van der Waals surface area contributed by atoms with E-state index in [4.69, 9.17) is 18.5 Å². The lowest BCUT2D eigenvalue weighted by Gasteiger charge is -2.30. The molecule has 0 amide bonds. The average molecular weight is 356 g/mol. The van der Waals surface area contributed by atoms with Gasteiger partial charge in [-0.25, -0.2) is 0 Å². The number of hydrogen-bond acceptors (Lipinski definition) is 8. The first-order valence-electron chi connectivity index (χ1n) is 8.45. The molecule has 3 aromatic rings. The Morgan fingerprint density at radius 2 is 2.04 bits per heavy atom. The Bertz CT molecular complexity index is 858. The van der Waals surface area contributed by atoms with Crippen molar-refractivity contribution in [2.24, 2.45) is 0 Å². The summed E-state index contributed by atoms with van der Waals surface area (Å²) in [6.45, 7) is 4.68. The molecular weight excluding hydrogens is 336 g/mol. The molecule has 8 nitrogen and oxygen atoms in total. The highest BCUT2D eigenvalue weighted by atomic mass is 16.5. The number of aryl methyl sites for hydroxylation is 1. The first-order valence-corrected chi connectivity index (χ1v) is 8.45. The van der Waals surface area contributed by atoms with Crippen molar-refractivity contribution in [2.75, 3.05) is 26.8 Å². The van der Waals surface area contributed by atoms with Gasteiger partial charge in [0.05, 0.1) is 26.0 Å². The topological polar surface area (TPSA) is 86.7 Å². The number of nitrogens with zero attached hydrogens (tertiary/aromatic N) is 4. The summed E-state index contributed by atoms with van der Waals surface area (Å²) >= 11 is 0. The van der Waals surface area contributed by atoms with Crippen LogP contribution in [0.4, 0.5) is 0 Å². The quantitative estimate of drug-likeness (QED) is 0.689. The first-order chi connectivity index (χ1) is 12.7. The van der Waals surface area contributed by atoms with E-state index in [1.54, 1.807) is 7.11 Å². The van der Waals surface area contributed by atoms with Crippen LogP contribution in [0.25, 0.3) is 11.5 Å². The first kappa shape index (κ1) is 16.7. The Labute approximate surface area is 150 Å². The van der Waals surface area contributed by atoms with Crippen molar-refractivity contribution >= 4 is 0 Å². The van der Waals surface area contributed by atoms with Gasteiger partial charge in [-0.3, -0.25) is 4.90 Å². The Morgan fingerprint density at radius 3 is 2.77 bits per heavy atom. The molecule has 0 bridgehead atoms. The fraction of sp³-hybridized carbons (Fsp3) is 0.389. The summed E-state index contributed by atoms with van der Waals surface area (Å²) in [6.07, 6.45) is -0.233. The SMILES string of the molecule is COc1ccc(-c2nc(C3CN(Cc4cc(C)no4)CCO3)no2)cc1. The van der Waals surface area contributed by atoms with Crippen molar-refractivity contribution in [1.29, 1.82) is 0 Å². The van der Waals surface area contributed by atoms with Gasteiger partial charge in [-0.05, 0) is 31.2 Å². The number of morpholine rings is 1. The van der Waals surface area contributed by atoms with Gasteiger partial charge in [-0.15, -0.1) is 0 Å². The molecule has 0 saturated carbocycles. The summed E-state index contributed by atoms with van der Waals surface area (Å²) in [4.78, 5) is 6.73. The van der Waals surface area contributed by atoms with E-state index >= 15 is 0 Å². The van der Waals surface area contributed by atoms with E-state index in [2.05, 4.69) is 20.2 Å². The lowest BCUT2D eigenvalue weighted by Crippen LogP contribution is -2.38. The molecule has 1 aliphatic heterocycles. The maximum Gasteiger partial charge on any atom is 0.258 e. The zero-order valence-electron chi connectivity index (χ0n) is 14.7. The van der Waals surface area contributed by atoms with Crippen LogP contribution in [0.3, 0.4) is 0 Å². The fourth-order valence-corrected chi connectivity index (χ4v) is 2.93. The van der Waals surface area contributed by atoms with Crippen LogP contribution in [0.5, 0.6) is 5.75 Å². The van der Waals surface area contributed by atoms with Gasteiger partial charge in [0.2, 0.25) is 5.82 Å². The molecule has 136 valence electrons. The minimum atomic E-state index is -0.233. The van der Waals surface area contributed by atoms with Crippen molar-refractivity contribution in [3.05, 3.63) is 47.6 Å². The van der Waals surface area contributed by atoms with Crippen LogP contribution in [0.1, 0.15) is 23.4 Å². The molecule has 1 saturated heterocycles. The molecule has 4 rings (SSSR count). The van der Waals surface area contributed by atoms with Gasteiger partial charge in [-0.2, -0.15) is 4.98 Å². The summed E-state index contributed by atoms with van der Waals surface area (Å²) in [7, 11) is 1.63. The van der Waals surface area contributed by atoms with Crippen LogP contribution in [0, 0.1) is 6.92 Å². The van der Waals surface area contributed by atoms with E-state index in [-0.39, 0.29) is 6.10 Å². The third-order valence-electron chi connectivity index (χ3n) is 4.27. The molecule has 8 heteroatoms. The van der Waals surface area contributed by atoms with Crippen LogP contribution in [-0.2, 0) is 11.3 Å². The zero-order chi connectivity index (χ0) is 17.9. The van der Waals surface area contributed by atoms with E-state index in [0.717, 1.165) is 29.3 Å². The van der Waals surface area contributed by atoms with Crippen LogP contribution in [-0.4, -0.2) is 47.0 Å². The third kappa shape index (κ3) is 3.61. The largest absolute Gasteiger partial charge is 0.497 e. The van der Waals surface area contributed by atoms with Gasteiger partial charge in [0.25, 0.3) is 5.89 Å². The molecule has 1 unspecified atom stereocenters. The van der Waals surface area contributed by atoms with Crippen molar-refractivity contribution < 1.29 is 18.5 Å². The molecule has 2 aromatic heterocycles. The molecule has 1 atom stereocenters. The van der Waals surface area contributed by atoms with Crippen molar-refractivity contribution in [2.45, 2.75) is 19.6 Å². The highest BCUT2D eigenvalue weighted by Gasteiger charge is 2.27. The zero-order valence-corrected chi connectivity index (χ0v) is 14.7. The van der Waals surface area contributed by atoms with Crippen molar-refractivity contribution in [3.63, 3.8) is 0 Å². The van der Waals surface area contributed by atoms with Crippen LogP contribution in [0.2, 0.25) is 0 Å². The van der Waals surface area contributed by atoms with Gasteiger partial charge < -0.3 is 18.5 Å². The molecule has 0 N–H and O–H groups in total. The van der Waals surface area contributed by atoms with E-state index < -0.39 is 0 Å². The second-order valence-electron chi connectivity index (χ2n) is 6.22. The Morgan fingerprint density at radius 1 is 1.19 bits per heavy atom. The van der Waals surface area contributed by atoms with Crippen molar-refractivity contribution in [3.8, 4) is 17.2 Å². The third-order valence-corrected chi connectivity index (χ3v) is 4.27. The predicted octanol–water partition coefficient (Wildman–Crippen LogP) is 2.62. The molecule has 1 aliphatic rings. The highest BCUT2D eigenvalue weighted by Crippen LogP contribution is 2.25. The molecule has 0 spiro atoms. The van der Waals surface area contributed by atoms with Gasteiger partial charge in [-0.1, -0.05) is 10.3 Å². The number of aromatic nitrogens is 3. The highest BCUT2D eigenvalue weighted by molar-refractivity contribution is 5.54. The summed E-state index contributed by atoms with van der Waals surface area (Å²) in [5, 5.41) is 8.03. The summed E-state index contributed by atoms with van der Waals surface area (Å²) in [6, 6.07) is 9.43. The standard InChI is InChI=1S/C18H20N4O4/c1-12-9-15(25-20-12)10-22-7-8-24-16(11-22)17-19-18(26-21-17)13-3-5-14(23-2)6-4-13/h3-6,9,16H,7-8,10-11H2,1-2H3. The number of benzene rings is 1. The van der Waals surface area contributed by atoms with E-state index in [1.165, 1.54) is 0 Å². The van der Waals surface area contributed by atoms with E-state index in [0.29, 0.717) is 31.4 Å². The van der Waals surface area contributed by atoms with Gasteiger partial charge in [0.1, 0.15) is 11.9 Å². The Hall–Kier alpha value is -2.71. The second-order valence-corrected chi connectivity index (χ2v) is 6.22. The molecule has 0 radical (unpaired) electrons. The Balaban J connectivity index is 1.44. The molecule has 3 heterocycles. The van der Waals surface area contributed by atoms with E-state index in [1.807, 2.05) is 37.3 Å². The van der Waals surface area contributed by atoms with Crippen LogP contribution < -0.4 is 4.74 Å². The van der Waals surface area contributed by atoms with Gasteiger partial charge in [0.15, 0.2) is 5.76 Å². The summed E-state index contributed by atoms with van der Waals surface area (Å²) < 4.78 is 21.7. The normalized spacial score (nSPS) is 18.2. The van der Waals surface area contributed by atoms with Crippen LogP contribution >= 0.6 is 0 Å². The molecule has 26 heavy (non-hydrogen) atoms. The lowest BCUT2D eigenvalue weighted by atomic mass is 10.2. The van der Waals surface area contributed by atoms with Crippen molar-refractivity contribution in [1.82, 2.24) is 20.2 Å². The average Bonchev–Trinajstić information content (AvgIpc) is 3.31. The minimum Gasteiger partial charge on any atom is -0.497 e. The predicted molar refractivity (Wildman–Crippen MR) is 91.5 cm³/mol. The maximum absolute atomic E-state index is 5.83.